The molecule has 9 nitrogen and oxygen atoms in total. The fraction of sp³-hybridized carbons (Fsp3) is 0.308. The van der Waals surface area contributed by atoms with E-state index < -0.39 is 46.2 Å². The second-order valence-electron chi connectivity index (χ2n) is 8.84. The lowest BCUT2D eigenvalue weighted by Crippen LogP contribution is -2.26. The lowest BCUT2D eigenvalue weighted by atomic mass is 10.0. The van der Waals surface area contributed by atoms with Crippen LogP contribution in [0.25, 0.3) is 11.1 Å². The molecule has 1 aliphatic rings. The molecule has 1 aliphatic heterocycles. The first-order chi connectivity index (χ1) is 18.1. The number of aromatic nitrogens is 1. The number of pyridine rings is 1. The Morgan fingerprint density at radius 2 is 1.84 bits per heavy atom. The summed E-state index contributed by atoms with van der Waals surface area (Å²) in [7, 11) is -2.89. The monoisotopic (exact) mass is 549 g/mol. The summed E-state index contributed by atoms with van der Waals surface area (Å²) in [6.45, 7) is 2.57. The van der Waals surface area contributed by atoms with Crippen molar-refractivity contribution < 1.29 is 37.3 Å². The zero-order chi connectivity index (χ0) is 27.4. The molecule has 1 atom stereocenters. The van der Waals surface area contributed by atoms with E-state index in [9.17, 15) is 27.8 Å². The molecule has 1 unspecified atom stereocenters. The highest BCUT2D eigenvalue weighted by Crippen LogP contribution is 2.49. The number of hydrogen-bond acceptors (Lipinski definition) is 8. The number of carboxylic acid groups (broad SMARTS) is 1. The molecule has 2 heterocycles. The molecule has 38 heavy (non-hydrogen) atoms. The molecule has 1 aromatic heterocycles. The molecule has 0 aliphatic carbocycles. The highest BCUT2D eigenvalue weighted by Gasteiger charge is 2.29. The summed E-state index contributed by atoms with van der Waals surface area (Å²) in [6.07, 6.45) is -0.695. The van der Waals surface area contributed by atoms with Gasteiger partial charge in [-0.1, -0.05) is 25.1 Å². The van der Waals surface area contributed by atoms with Gasteiger partial charge in [0.25, 0.3) is 11.8 Å². The second kappa shape index (κ2) is 11.6. The molecule has 1 fully saturated rings. The van der Waals surface area contributed by atoms with E-state index in [4.69, 9.17) is 15.2 Å². The molecule has 0 radical (unpaired) electrons. The summed E-state index contributed by atoms with van der Waals surface area (Å²) in [5, 5.41) is 9.22. The van der Waals surface area contributed by atoms with Gasteiger partial charge in [-0.25, -0.2) is 17.9 Å². The molecule has 12 heteroatoms. The maximum atomic E-state index is 14.7. The van der Waals surface area contributed by atoms with Crippen molar-refractivity contribution in [1.82, 2.24) is 9.29 Å². The number of nitrogens with two attached hydrogens (primary N) is 1. The van der Waals surface area contributed by atoms with E-state index in [2.05, 4.69) is 4.98 Å². The lowest BCUT2D eigenvalue weighted by molar-refractivity contribution is -0.145. The van der Waals surface area contributed by atoms with E-state index in [1.807, 2.05) is 30.3 Å². The molecule has 4 rings (SSSR count). The molecule has 5 N–H and O–H groups in total. The van der Waals surface area contributed by atoms with Crippen LogP contribution >= 0.6 is 10.8 Å². The first kappa shape index (κ1) is 27.7. The minimum absolute atomic E-state index is 0.0347. The van der Waals surface area contributed by atoms with Crippen LogP contribution in [0.1, 0.15) is 30.9 Å². The first-order valence-electron chi connectivity index (χ1n) is 12.0. The Hall–Kier alpha value is -3.29. The number of halogens is 2. The van der Waals surface area contributed by atoms with E-state index in [0.717, 1.165) is 11.1 Å². The molecular weight excluding hydrogens is 520 g/mol. The average molecular weight is 550 g/mol. The summed E-state index contributed by atoms with van der Waals surface area (Å²) < 4.78 is 62.2. The van der Waals surface area contributed by atoms with E-state index in [1.54, 1.807) is 23.4 Å². The van der Waals surface area contributed by atoms with Gasteiger partial charge in [-0.05, 0) is 59.4 Å². The van der Waals surface area contributed by atoms with Crippen molar-refractivity contribution in [2.75, 3.05) is 12.3 Å². The summed E-state index contributed by atoms with van der Waals surface area (Å²) in [5.41, 5.74) is 8.84. The standard InChI is InChI=1S/C26H29F2N3O6S/c1-2-23(26(32)33)37-25-22(28)13-21(27)24(30-25)36-20-11-17(15-31-7-4-8-38(31,34)35)10-19(12-20)18-6-3-5-16(9-18)14-29/h3,5-6,9-13,23,34-35H,2,4,7-8,14-15,29H2,1H3,(H,32,33). The molecule has 204 valence electrons. The van der Waals surface area contributed by atoms with Crippen LogP contribution in [0.5, 0.6) is 17.5 Å². The van der Waals surface area contributed by atoms with E-state index in [1.165, 1.54) is 0 Å². The Kier molecular flexibility index (Phi) is 8.48. The van der Waals surface area contributed by atoms with Crippen molar-refractivity contribution in [1.29, 1.82) is 0 Å². The molecule has 0 spiro atoms. The Bertz CT molecular complexity index is 1330. The minimum Gasteiger partial charge on any atom is -0.479 e. The van der Waals surface area contributed by atoms with Crippen molar-refractivity contribution in [3.05, 3.63) is 71.3 Å². The lowest BCUT2D eigenvalue weighted by Gasteiger charge is -2.36. The molecule has 2 aromatic carbocycles. The highest BCUT2D eigenvalue weighted by molar-refractivity contribution is 8.22. The first-order valence-corrected chi connectivity index (χ1v) is 13.6. The van der Waals surface area contributed by atoms with Crippen molar-refractivity contribution in [3.63, 3.8) is 0 Å². The molecular formula is C26H29F2N3O6S. The van der Waals surface area contributed by atoms with Gasteiger partial charge in [0, 0.05) is 25.7 Å². The largest absolute Gasteiger partial charge is 0.479 e. The van der Waals surface area contributed by atoms with Crippen molar-refractivity contribution >= 4 is 16.7 Å². The van der Waals surface area contributed by atoms with Crippen LogP contribution in [0.15, 0.2) is 48.5 Å². The van der Waals surface area contributed by atoms with Gasteiger partial charge in [0.05, 0.1) is 5.75 Å². The molecule has 1 saturated heterocycles. The third kappa shape index (κ3) is 6.40. The fourth-order valence-electron chi connectivity index (χ4n) is 4.09. The van der Waals surface area contributed by atoms with Crippen LogP contribution < -0.4 is 15.2 Å². The van der Waals surface area contributed by atoms with Crippen molar-refractivity contribution in [3.8, 4) is 28.6 Å². The van der Waals surface area contributed by atoms with E-state index in [0.29, 0.717) is 36.7 Å². The Morgan fingerprint density at radius 3 is 2.50 bits per heavy atom. The molecule has 0 amide bonds. The van der Waals surface area contributed by atoms with E-state index in [-0.39, 0.29) is 24.5 Å². The van der Waals surface area contributed by atoms with Gasteiger partial charge >= 0.3 is 5.97 Å². The zero-order valence-corrected chi connectivity index (χ0v) is 21.5. The van der Waals surface area contributed by atoms with E-state index >= 15 is 0 Å². The van der Waals surface area contributed by atoms with Gasteiger partial charge in [-0.3, -0.25) is 9.11 Å². The Labute approximate surface area is 220 Å². The molecule has 3 aromatic rings. The number of nitrogens with zero attached hydrogens (tertiary/aromatic N) is 2. The number of carboxylic acids is 1. The minimum atomic E-state index is -2.89. The number of carbonyl (C=O) groups is 1. The number of hydrogen-bond donors (Lipinski definition) is 4. The quantitative estimate of drug-likeness (QED) is 0.262. The van der Waals surface area contributed by atoms with Gasteiger partial charge < -0.3 is 20.3 Å². The number of rotatable bonds is 10. The molecule has 0 bridgehead atoms. The topological polar surface area (TPSA) is 138 Å². The Balaban J connectivity index is 1.72. The number of benzene rings is 2. The van der Waals surface area contributed by atoms with Crippen LogP contribution in [0, 0.1) is 11.6 Å². The second-order valence-corrected chi connectivity index (χ2v) is 11.0. The predicted molar refractivity (Wildman–Crippen MR) is 139 cm³/mol. The van der Waals surface area contributed by atoms with Crippen LogP contribution in [-0.2, 0) is 17.9 Å². The normalized spacial score (nSPS) is 16.7. The summed E-state index contributed by atoms with van der Waals surface area (Å²) in [4.78, 5) is 15.1. The predicted octanol–water partition coefficient (Wildman–Crippen LogP) is 5.39. The van der Waals surface area contributed by atoms with Crippen molar-refractivity contribution in [2.24, 2.45) is 5.73 Å². The summed E-state index contributed by atoms with van der Waals surface area (Å²) >= 11 is 0. The van der Waals surface area contributed by atoms with Gasteiger partial charge in [0.1, 0.15) is 5.75 Å². The number of aliphatic carboxylic acids is 1. The third-order valence-electron chi connectivity index (χ3n) is 6.04. The fourth-order valence-corrected chi connectivity index (χ4v) is 5.65. The zero-order valence-electron chi connectivity index (χ0n) is 20.6. The number of ether oxygens (including phenoxy) is 2. The average Bonchev–Trinajstić information content (AvgIpc) is 3.21. The molecule has 0 saturated carbocycles. The van der Waals surface area contributed by atoms with Gasteiger partial charge in [0.2, 0.25) is 0 Å². The smallest absolute Gasteiger partial charge is 0.344 e. The van der Waals surface area contributed by atoms with Crippen LogP contribution in [0.4, 0.5) is 8.78 Å². The highest BCUT2D eigenvalue weighted by atomic mass is 32.3. The maximum Gasteiger partial charge on any atom is 0.344 e. The summed E-state index contributed by atoms with van der Waals surface area (Å²) in [5.74, 6) is -4.45. The van der Waals surface area contributed by atoms with Crippen molar-refractivity contribution in [2.45, 2.75) is 39.0 Å². The van der Waals surface area contributed by atoms with Gasteiger partial charge in [-0.15, -0.1) is 10.8 Å². The van der Waals surface area contributed by atoms with Crippen LogP contribution in [-0.4, -0.2) is 47.9 Å². The van der Waals surface area contributed by atoms with Crippen LogP contribution in [0.2, 0.25) is 0 Å². The Morgan fingerprint density at radius 1 is 1.11 bits per heavy atom. The summed E-state index contributed by atoms with van der Waals surface area (Å²) in [6, 6.07) is 13.1. The SMILES string of the molecule is CCC(Oc1nc(Oc2cc(CN3CCCS3(O)O)cc(-c3cccc(CN)c3)c2)c(F)cc1F)C(=O)O. The van der Waals surface area contributed by atoms with Gasteiger partial charge in [0.15, 0.2) is 17.7 Å². The third-order valence-corrected chi connectivity index (χ3v) is 8.02. The van der Waals surface area contributed by atoms with Gasteiger partial charge in [-0.2, -0.15) is 4.98 Å². The maximum absolute atomic E-state index is 14.7. The van der Waals surface area contributed by atoms with Crippen LogP contribution in [0.3, 0.4) is 0 Å².